The molecule has 7 heteroatoms. The smallest absolute Gasteiger partial charge is 0.245 e. The first-order valence-electron chi connectivity index (χ1n) is 5.91. The predicted octanol–water partition coefficient (Wildman–Crippen LogP) is 1.72. The number of sulfonamides is 1. The van der Waals surface area contributed by atoms with Crippen molar-refractivity contribution >= 4 is 27.3 Å². The third kappa shape index (κ3) is 2.72. The average Bonchev–Trinajstić information content (AvgIpc) is 2.31. The second kappa shape index (κ2) is 4.94. The SMILES string of the molecule is CC1(C)COCCN1S(=O)(=O)c1cc(Cl)ccc1N. The number of anilines is 1. The Hall–Kier alpha value is -0.820. The first kappa shape index (κ1) is 14.6. The number of benzene rings is 1. The number of hydrogen-bond acceptors (Lipinski definition) is 4. The van der Waals surface area contributed by atoms with Gasteiger partial charge in [0.2, 0.25) is 10.0 Å². The molecule has 5 nitrogen and oxygen atoms in total. The quantitative estimate of drug-likeness (QED) is 0.844. The maximum absolute atomic E-state index is 12.7. The van der Waals surface area contributed by atoms with Crippen LogP contribution in [0.15, 0.2) is 23.1 Å². The van der Waals surface area contributed by atoms with Gasteiger partial charge < -0.3 is 10.5 Å². The van der Waals surface area contributed by atoms with Gasteiger partial charge in [0.15, 0.2) is 0 Å². The van der Waals surface area contributed by atoms with Crippen LogP contribution in [-0.2, 0) is 14.8 Å². The summed E-state index contributed by atoms with van der Waals surface area (Å²) < 4.78 is 32.2. The van der Waals surface area contributed by atoms with Crippen LogP contribution in [-0.4, -0.2) is 38.0 Å². The Morgan fingerprint density at radius 2 is 2.11 bits per heavy atom. The van der Waals surface area contributed by atoms with Crippen LogP contribution in [0.3, 0.4) is 0 Å². The van der Waals surface area contributed by atoms with Crippen molar-refractivity contribution < 1.29 is 13.2 Å². The number of rotatable bonds is 2. The molecule has 0 atom stereocenters. The van der Waals surface area contributed by atoms with E-state index in [4.69, 9.17) is 22.1 Å². The molecule has 0 bridgehead atoms. The fraction of sp³-hybridized carbons (Fsp3) is 0.500. The van der Waals surface area contributed by atoms with Crippen molar-refractivity contribution in [3.63, 3.8) is 0 Å². The van der Waals surface area contributed by atoms with Crippen LogP contribution >= 0.6 is 11.6 Å². The Labute approximate surface area is 118 Å². The van der Waals surface area contributed by atoms with Crippen molar-refractivity contribution in [3.8, 4) is 0 Å². The molecule has 0 unspecified atom stereocenters. The van der Waals surface area contributed by atoms with E-state index in [1.807, 2.05) is 13.8 Å². The van der Waals surface area contributed by atoms with Gasteiger partial charge in [0.25, 0.3) is 0 Å². The van der Waals surface area contributed by atoms with Crippen LogP contribution < -0.4 is 5.73 Å². The minimum atomic E-state index is -3.68. The van der Waals surface area contributed by atoms with Gasteiger partial charge in [-0.3, -0.25) is 0 Å². The van der Waals surface area contributed by atoms with Crippen molar-refractivity contribution in [1.29, 1.82) is 0 Å². The van der Waals surface area contributed by atoms with E-state index in [1.165, 1.54) is 16.4 Å². The van der Waals surface area contributed by atoms with Crippen LogP contribution in [0.25, 0.3) is 0 Å². The van der Waals surface area contributed by atoms with Gasteiger partial charge in [0, 0.05) is 11.6 Å². The molecule has 2 N–H and O–H groups in total. The maximum atomic E-state index is 12.7. The summed E-state index contributed by atoms with van der Waals surface area (Å²) in [5, 5.41) is 0.346. The standard InChI is InChI=1S/C12H17ClN2O3S/c1-12(2)8-18-6-5-15(12)19(16,17)11-7-9(13)3-4-10(11)14/h3-4,7H,5-6,8,14H2,1-2H3. The number of nitrogens with zero attached hydrogens (tertiary/aromatic N) is 1. The highest BCUT2D eigenvalue weighted by Gasteiger charge is 2.40. The first-order chi connectivity index (χ1) is 8.75. The Morgan fingerprint density at radius 3 is 2.74 bits per heavy atom. The molecule has 106 valence electrons. The molecular weight excluding hydrogens is 288 g/mol. The van der Waals surface area contributed by atoms with Crippen LogP contribution in [0.2, 0.25) is 5.02 Å². The lowest BCUT2D eigenvalue weighted by Crippen LogP contribution is -2.55. The number of morpholine rings is 1. The van der Waals surface area contributed by atoms with Gasteiger partial charge in [0.1, 0.15) is 4.90 Å². The molecule has 0 aliphatic carbocycles. The van der Waals surface area contributed by atoms with E-state index < -0.39 is 15.6 Å². The van der Waals surface area contributed by atoms with Gasteiger partial charge in [0.05, 0.1) is 24.4 Å². The summed E-state index contributed by atoms with van der Waals surface area (Å²) in [4.78, 5) is 0.0509. The molecule has 0 radical (unpaired) electrons. The summed E-state index contributed by atoms with van der Waals surface area (Å²) in [6.07, 6.45) is 0. The summed E-state index contributed by atoms with van der Waals surface area (Å²) in [7, 11) is -3.68. The van der Waals surface area contributed by atoms with E-state index in [0.29, 0.717) is 24.8 Å². The molecule has 1 aliphatic heterocycles. The Kier molecular flexibility index (Phi) is 3.79. The van der Waals surface area contributed by atoms with E-state index in [-0.39, 0.29) is 10.6 Å². The number of hydrogen-bond donors (Lipinski definition) is 1. The second-order valence-electron chi connectivity index (χ2n) is 5.12. The number of halogens is 1. The van der Waals surface area contributed by atoms with Crippen molar-refractivity contribution in [3.05, 3.63) is 23.2 Å². The zero-order valence-corrected chi connectivity index (χ0v) is 12.5. The fourth-order valence-corrected chi connectivity index (χ4v) is 4.27. The van der Waals surface area contributed by atoms with Gasteiger partial charge in [-0.05, 0) is 32.0 Å². The third-order valence-electron chi connectivity index (χ3n) is 3.11. The second-order valence-corrected chi connectivity index (χ2v) is 7.39. The zero-order valence-electron chi connectivity index (χ0n) is 10.9. The molecule has 0 saturated carbocycles. The summed E-state index contributed by atoms with van der Waals surface area (Å²) in [6.45, 7) is 4.69. The summed E-state index contributed by atoms with van der Waals surface area (Å²) in [5.74, 6) is 0. The minimum Gasteiger partial charge on any atom is -0.398 e. The molecule has 1 heterocycles. The summed E-state index contributed by atoms with van der Waals surface area (Å²) >= 11 is 5.87. The molecule has 1 aromatic carbocycles. The van der Waals surface area contributed by atoms with Crippen molar-refractivity contribution in [2.24, 2.45) is 0 Å². The molecular formula is C12H17ClN2O3S. The number of nitrogen functional groups attached to an aromatic ring is 1. The number of ether oxygens (including phenoxy) is 1. The third-order valence-corrected chi connectivity index (χ3v) is 5.51. The van der Waals surface area contributed by atoms with Crippen LogP contribution in [0.4, 0.5) is 5.69 Å². The maximum Gasteiger partial charge on any atom is 0.245 e. The molecule has 0 spiro atoms. The Morgan fingerprint density at radius 1 is 1.42 bits per heavy atom. The van der Waals surface area contributed by atoms with Crippen LogP contribution in [0.1, 0.15) is 13.8 Å². The highest BCUT2D eigenvalue weighted by atomic mass is 35.5. The van der Waals surface area contributed by atoms with Crippen LogP contribution in [0, 0.1) is 0 Å². The van der Waals surface area contributed by atoms with Gasteiger partial charge >= 0.3 is 0 Å². The molecule has 1 saturated heterocycles. The molecule has 19 heavy (non-hydrogen) atoms. The zero-order chi connectivity index (χ0) is 14.3. The van der Waals surface area contributed by atoms with E-state index in [0.717, 1.165) is 0 Å². The van der Waals surface area contributed by atoms with E-state index in [9.17, 15) is 8.42 Å². The van der Waals surface area contributed by atoms with Crippen molar-refractivity contribution in [1.82, 2.24) is 4.31 Å². The first-order valence-corrected chi connectivity index (χ1v) is 7.72. The Bertz CT molecular complexity index is 587. The van der Waals surface area contributed by atoms with Gasteiger partial charge in [-0.2, -0.15) is 4.31 Å². The summed E-state index contributed by atoms with van der Waals surface area (Å²) in [6, 6.07) is 4.46. The fourth-order valence-electron chi connectivity index (χ4n) is 2.14. The molecule has 2 rings (SSSR count). The molecule has 0 amide bonds. The number of nitrogens with two attached hydrogens (primary N) is 1. The normalized spacial score (nSPS) is 20.4. The molecule has 0 aromatic heterocycles. The van der Waals surface area contributed by atoms with Crippen LogP contribution in [0.5, 0.6) is 0 Å². The van der Waals surface area contributed by atoms with Crippen molar-refractivity contribution in [2.45, 2.75) is 24.3 Å². The topological polar surface area (TPSA) is 72.6 Å². The molecule has 1 aromatic rings. The molecule has 1 aliphatic rings. The lowest BCUT2D eigenvalue weighted by molar-refractivity contribution is -0.00768. The highest BCUT2D eigenvalue weighted by Crippen LogP contribution is 2.31. The Balaban J connectivity index is 2.50. The van der Waals surface area contributed by atoms with E-state index >= 15 is 0 Å². The average molecular weight is 305 g/mol. The van der Waals surface area contributed by atoms with Gasteiger partial charge in [-0.25, -0.2) is 8.42 Å². The molecule has 1 fully saturated rings. The lowest BCUT2D eigenvalue weighted by atomic mass is 10.1. The summed E-state index contributed by atoms with van der Waals surface area (Å²) in [5.41, 5.74) is 5.37. The van der Waals surface area contributed by atoms with E-state index in [1.54, 1.807) is 6.07 Å². The largest absolute Gasteiger partial charge is 0.398 e. The lowest BCUT2D eigenvalue weighted by Gasteiger charge is -2.40. The van der Waals surface area contributed by atoms with Gasteiger partial charge in [-0.1, -0.05) is 11.6 Å². The monoisotopic (exact) mass is 304 g/mol. The van der Waals surface area contributed by atoms with Crippen molar-refractivity contribution in [2.75, 3.05) is 25.5 Å². The predicted molar refractivity (Wildman–Crippen MR) is 74.7 cm³/mol. The van der Waals surface area contributed by atoms with Gasteiger partial charge in [-0.15, -0.1) is 0 Å². The minimum absolute atomic E-state index is 0.0509. The van der Waals surface area contributed by atoms with E-state index in [2.05, 4.69) is 0 Å². The highest BCUT2D eigenvalue weighted by molar-refractivity contribution is 7.89.